The van der Waals surface area contributed by atoms with Gasteiger partial charge in [-0.25, -0.2) is 0 Å². The van der Waals surface area contributed by atoms with Crippen molar-refractivity contribution in [2.75, 3.05) is 5.32 Å². The van der Waals surface area contributed by atoms with Gasteiger partial charge in [0.05, 0.1) is 0 Å². The van der Waals surface area contributed by atoms with Crippen LogP contribution in [0.2, 0.25) is 0 Å². The third-order valence-electron chi connectivity index (χ3n) is 4.01. The van der Waals surface area contributed by atoms with Gasteiger partial charge in [-0.3, -0.25) is 4.79 Å². The number of hydrogen-bond acceptors (Lipinski definition) is 1. The Bertz CT molecular complexity index is 426. The fourth-order valence-electron chi connectivity index (χ4n) is 2.65. The zero-order chi connectivity index (χ0) is 15.5. The molecule has 21 heavy (non-hydrogen) atoms. The summed E-state index contributed by atoms with van der Waals surface area (Å²) in [5.41, 5.74) is 3.40. The van der Waals surface area contributed by atoms with Crippen molar-refractivity contribution in [2.24, 2.45) is 0 Å². The summed E-state index contributed by atoms with van der Waals surface area (Å²) in [6.45, 7) is 6.42. The first-order valence-corrected chi connectivity index (χ1v) is 8.57. The number of benzene rings is 1. The molecule has 0 aromatic heterocycles. The van der Waals surface area contributed by atoms with Crippen molar-refractivity contribution in [2.45, 2.75) is 78.6 Å². The number of nitrogens with one attached hydrogen (secondary N) is 1. The molecule has 0 unspecified atom stereocenters. The quantitative estimate of drug-likeness (QED) is 0.555. The van der Waals surface area contributed by atoms with E-state index in [1.165, 1.54) is 44.1 Å². The van der Waals surface area contributed by atoms with Crippen LogP contribution in [0.25, 0.3) is 0 Å². The van der Waals surface area contributed by atoms with Crippen LogP contribution in [0.5, 0.6) is 0 Å². The van der Waals surface area contributed by atoms with E-state index in [4.69, 9.17) is 0 Å². The van der Waals surface area contributed by atoms with Crippen molar-refractivity contribution in [3.63, 3.8) is 0 Å². The first kappa shape index (κ1) is 17.7. The minimum atomic E-state index is 0.160. The van der Waals surface area contributed by atoms with E-state index in [2.05, 4.69) is 44.3 Å². The Morgan fingerprint density at radius 3 is 2.33 bits per heavy atom. The minimum absolute atomic E-state index is 0.160. The predicted molar refractivity (Wildman–Crippen MR) is 91.8 cm³/mol. The summed E-state index contributed by atoms with van der Waals surface area (Å²) in [7, 11) is 0. The van der Waals surface area contributed by atoms with Gasteiger partial charge < -0.3 is 5.32 Å². The lowest BCUT2D eigenvalue weighted by Gasteiger charge is -2.12. The minimum Gasteiger partial charge on any atom is -0.326 e. The molecular weight excluding hydrogens is 258 g/mol. The molecule has 0 aliphatic heterocycles. The van der Waals surface area contributed by atoms with Crippen LogP contribution in [-0.2, 0) is 11.2 Å². The number of unbranched alkanes of at least 4 members (excludes halogenated alkanes) is 6. The molecule has 0 fully saturated rings. The van der Waals surface area contributed by atoms with Crippen molar-refractivity contribution in [3.05, 3.63) is 29.3 Å². The largest absolute Gasteiger partial charge is 0.326 e. The molecule has 1 N–H and O–H groups in total. The Labute approximate surface area is 130 Å². The van der Waals surface area contributed by atoms with Crippen LogP contribution in [0.15, 0.2) is 18.2 Å². The SMILES string of the molecule is CCCCCCCCCC(=O)Nc1c(C)cccc1CC. The Hall–Kier alpha value is -1.31. The molecule has 0 spiro atoms. The van der Waals surface area contributed by atoms with Crippen molar-refractivity contribution in [1.82, 2.24) is 0 Å². The highest BCUT2D eigenvalue weighted by Crippen LogP contribution is 2.21. The molecule has 0 saturated carbocycles. The van der Waals surface area contributed by atoms with Crippen LogP contribution in [0.4, 0.5) is 5.69 Å². The van der Waals surface area contributed by atoms with Gasteiger partial charge in [0.2, 0.25) is 5.91 Å². The lowest BCUT2D eigenvalue weighted by molar-refractivity contribution is -0.116. The van der Waals surface area contributed by atoms with Gasteiger partial charge in [0.1, 0.15) is 0 Å². The van der Waals surface area contributed by atoms with Gasteiger partial charge in [0, 0.05) is 12.1 Å². The van der Waals surface area contributed by atoms with Gasteiger partial charge in [-0.1, -0.05) is 70.6 Å². The van der Waals surface area contributed by atoms with Gasteiger partial charge in [-0.05, 0) is 30.9 Å². The van der Waals surface area contributed by atoms with Crippen molar-refractivity contribution in [1.29, 1.82) is 0 Å². The third kappa shape index (κ3) is 6.79. The topological polar surface area (TPSA) is 29.1 Å². The summed E-state index contributed by atoms with van der Waals surface area (Å²) in [6.07, 6.45) is 10.3. The Morgan fingerprint density at radius 1 is 1.00 bits per heavy atom. The average Bonchev–Trinajstić information content (AvgIpc) is 2.48. The summed E-state index contributed by atoms with van der Waals surface area (Å²) >= 11 is 0. The number of anilines is 1. The molecule has 0 radical (unpaired) electrons. The second-order valence-electron chi connectivity index (χ2n) is 5.88. The highest BCUT2D eigenvalue weighted by molar-refractivity contribution is 5.92. The molecule has 0 aliphatic carbocycles. The number of hydrogen-bond donors (Lipinski definition) is 1. The smallest absolute Gasteiger partial charge is 0.224 e. The summed E-state index contributed by atoms with van der Waals surface area (Å²) < 4.78 is 0. The molecule has 1 amide bonds. The van der Waals surface area contributed by atoms with E-state index < -0.39 is 0 Å². The van der Waals surface area contributed by atoms with Crippen molar-refractivity contribution < 1.29 is 4.79 Å². The molecule has 0 bridgehead atoms. The van der Waals surface area contributed by atoms with Crippen LogP contribution >= 0.6 is 0 Å². The van der Waals surface area contributed by atoms with Crippen LogP contribution in [0.3, 0.4) is 0 Å². The normalized spacial score (nSPS) is 10.6. The first-order valence-electron chi connectivity index (χ1n) is 8.57. The fraction of sp³-hybridized carbons (Fsp3) is 0.632. The number of carbonyl (C=O) groups excluding carboxylic acids is 1. The lowest BCUT2D eigenvalue weighted by Crippen LogP contribution is -2.13. The molecule has 2 nitrogen and oxygen atoms in total. The molecule has 1 rings (SSSR count). The molecule has 0 saturated heterocycles. The summed E-state index contributed by atoms with van der Waals surface area (Å²) in [5.74, 6) is 0.160. The molecule has 1 aromatic carbocycles. The highest BCUT2D eigenvalue weighted by Gasteiger charge is 2.08. The maximum Gasteiger partial charge on any atom is 0.224 e. The summed E-state index contributed by atoms with van der Waals surface area (Å²) in [5, 5.41) is 3.10. The second-order valence-corrected chi connectivity index (χ2v) is 5.88. The summed E-state index contributed by atoms with van der Waals surface area (Å²) in [6, 6.07) is 6.21. The van der Waals surface area contributed by atoms with E-state index in [1.54, 1.807) is 0 Å². The average molecular weight is 289 g/mol. The summed E-state index contributed by atoms with van der Waals surface area (Å²) in [4.78, 5) is 12.1. The van der Waals surface area contributed by atoms with Crippen molar-refractivity contribution >= 4 is 11.6 Å². The van der Waals surface area contributed by atoms with E-state index >= 15 is 0 Å². The predicted octanol–water partition coefficient (Wildman–Crippen LogP) is 5.64. The van der Waals surface area contributed by atoms with Crippen LogP contribution in [0.1, 0.15) is 76.3 Å². The molecule has 118 valence electrons. The Morgan fingerprint density at radius 2 is 1.67 bits per heavy atom. The van der Waals surface area contributed by atoms with Crippen LogP contribution in [-0.4, -0.2) is 5.91 Å². The Balaban J connectivity index is 2.28. The number of amides is 1. The van der Waals surface area contributed by atoms with Gasteiger partial charge in [-0.2, -0.15) is 0 Å². The zero-order valence-electron chi connectivity index (χ0n) is 14.0. The van der Waals surface area contributed by atoms with E-state index in [0.717, 1.165) is 24.1 Å². The van der Waals surface area contributed by atoms with E-state index in [9.17, 15) is 4.79 Å². The maximum atomic E-state index is 12.1. The standard InChI is InChI=1S/C19H31NO/c1-4-6-7-8-9-10-11-15-18(21)20-19-16(3)13-12-14-17(19)5-2/h12-14H,4-11,15H2,1-3H3,(H,20,21). The number of rotatable bonds is 10. The van der Waals surface area contributed by atoms with E-state index in [0.29, 0.717) is 6.42 Å². The van der Waals surface area contributed by atoms with Gasteiger partial charge >= 0.3 is 0 Å². The number of carbonyl (C=O) groups is 1. The maximum absolute atomic E-state index is 12.1. The van der Waals surface area contributed by atoms with Crippen LogP contribution < -0.4 is 5.32 Å². The third-order valence-corrected chi connectivity index (χ3v) is 4.01. The number of aryl methyl sites for hydroxylation is 2. The van der Waals surface area contributed by atoms with E-state index in [1.807, 2.05) is 0 Å². The van der Waals surface area contributed by atoms with Gasteiger partial charge in [0.15, 0.2) is 0 Å². The molecule has 1 aromatic rings. The molecule has 0 atom stereocenters. The number of para-hydroxylation sites is 1. The van der Waals surface area contributed by atoms with E-state index in [-0.39, 0.29) is 5.91 Å². The Kier molecular flexibility index (Phi) is 8.80. The van der Waals surface area contributed by atoms with Gasteiger partial charge in [0.25, 0.3) is 0 Å². The molecular formula is C19H31NO. The van der Waals surface area contributed by atoms with Crippen LogP contribution in [0, 0.1) is 6.92 Å². The molecule has 2 heteroatoms. The highest BCUT2D eigenvalue weighted by atomic mass is 16.1. The monoisotopic (exact) mass is 289 g/mol. The fourth-order valence-corrected chi connectivity index (χ4v) is 2.65. The van der Waals surface area contributed by atoms with Gasteiger partial charge in [-0.15, -0.1) is 0 Å². The zero-order valence-corrected chi connectivity index (χ0v) is 14.0. The second kappa shape index (κ2) is 10.4. The molecule has 0 heterocycles. The van der Waals surface area contributed by atoms with Crippen molar-refractivity contribution in [3.8, 4) is 0 Å². The molecule has 0 aliphatic rings. The lowest BCUT2D eigenvalue weighted by atomic mass is 10.1. The first-order chi connectivity index (χ1) is 10.2.